The van der Waals surface area contributed by atoms with Gasteiger partial charge in [-0.25, -0.2) is 4.98 Å². The number of carbonyl (C=O) groups excluding carboxylic acids is 1. The summed E-state index contributed by atoms with van der Waals surface area (Å²) in [5.41, 5.74) is 4.50. The van der Waals surface area contributed by atoms with Crippen LogP contribution >= 0.6 is 11.3 Å². The van der Waals surface area contributed by atoms with Crippen molar-refractivity contribution in [3.05, 3.63) is 71.0 Å². The van der Waals surface area contributed by atoms with Crippen LogP contribution in [0.4, 0.5) is 0 Å². The van der Waals surface area contributed by atoms with Gasteiger partial charge in [-0.3, -0.25) is 14.7 Å². The smallest absolute Gasteiger partial charge is 0.228 e. The van der Waals surface area contributed by atoms with Crippen LogP contribution in [0.1, 0.15) is 23.7 Å². The van der Waals surface area contributed by atoms with Gasteiger partial charge in [-0.15, -0.1) is 11.3 Å². The molecule has 0 atom stereocenters. The molecule has 1 amide bonds. The van der Waals surface area contributed by atoms with Crippen molar-refractivity contribution in [2.24, 2.45) is 0 Å². The number of hydrogen-bond acceptors (Lipinski definition) is 6. The molecule has 7 heteroatoms. The van der Waals surface area contributed by atoms with Crippen molar-refractivity contribution in [3.8, 4) is 10.6 Å². The van der Waals surface area contributed by atoms with Crippen LogP contribution in [0, 0.1) is 0 Å². The topological polar surface area (TPSA) is 52.6 Å². The van der Waals surface area contributed by atoms with Gasteiger partial charge in [0.05, 0.1) is 12.1 Å². The van der Waals surface area contributed by atoms with Gasteiger partial charge in [0.1, 0.15) is 5.01 Å². The molecule has 1 aliphatic heterocycles. The first kappa shape index (κ1) is 23.5. The summed E-state index contributed by atoms with van der Waals surface area (Å²) < 4.78 is 0. The standard InChI is InChI=1S/C26H33N5OS/c1-3-31(12-9-21-7-10-27-11-8-21)25(32)18-24-20-33-26(28-24)23-6-4-5-22(17-23)19-30-15-13-29(2)14-16-30/h4-8,10-11,17,20H,3,9,12-16,18-19H2,1-2H3. The molecule has 0 bridgehead atoms. The predicted octanol–water partition coefficient (Wildman–Crippen LogP) is 3.59. The molecule has 0 aliphatic carbocycles. The van der Waals surface area contributed by atoms with Gasteiger partial charge in [-0.1, -0.05) is 18.2 Å². The van der Waals surface area contributed by atoms with Crippen LogP contribution < -0.4 is 0 Å². The Hall–Kier alpha value is -2.61. The highest BCUT2D eigenvalue weighted by Gasteiger charge is 2.16. The number of aromatic nitrogens is 2. The predicted molar refractivity (Wildman–Crippen MR) is 134 cm³/mol. The van der Waals surface area contributed by atoms with Gasteiger partial charge in [0.25, 0.3) is 0 Å². The first-order chi connectivity index (χ1) is 16.1. The molecule has 1 fully saturated rings. The van der Waals surface area contributed by atoms with Crippen molar-refractivity contribution in [2.45, 2.75) is 26.3 Å². The Morgan fingerprint density at radius 2 is 1.88 bits per heavy atom. The fourth-order valence-corrected chi connectivity index (χ4v) is 4.94. The van der Waals surface area contributed by atoms with Crippen molar-refractivity contribution in [2.75, 3.05) is 46.3 Å². The lowest BCUT2D eigenvalue weighted by Crippen LogP contribution is -2.43. The number of carbonyl (C=O) groups is 1. The minimum absolute atomic E-state index is 0.132. The fourth-order valence-electron chi connectivity index (χ4n) is 4.13. The van der Waals surface area contributed by atoms with Crippen molar-refractivity contribution in [1.29, 1.82) is 0 Å². The molecule has 0 radical (unpaired) electrons. The molecular weight excluding hydrogens is 430 g/mol. The van der Waals surface area contributed by atoms with Gasteiger partial charge >= 0.3 is 0 Å². The Kier molecular flexibility index (Phi) is 8.20. The third-order valence-corrected chi connectivity index (χ3v) is 7.15. The third-order valence-electron chi connectivity index (χ3n) is 6.21. The van der Waals surface area contributed by atoms with E-state index in [1.54, 1.807) is 23.7 Å². The third kappa shape index (κ3) is 6.69. The average molecular weight is 464 g/mol. The van der Waals surface area contributed by atoms with Crippen LogP contribution in [-0.4, -0.2) is 76.9 Å². The number of likely N-dealkylation sites (N-methyl/N-ethyl adjacent to an activating group) is 2. The molecule has 1 aliphatic rings. The van der Waals surface area contributed by atoms with Crippen LogP contribution in [0.5, 0.6) is 0 Å². The van der Waals surface area contributed by atoms with E-state index < -0.39 is 0 Å². The summed E-state index contributed by atoms with van der Waals surface area (Å²) in [4.78, 5) is 28.5. The number of rotatable bonds is 9. The Bertz CT molecular complexity index is 1030. The van der Waals surface area contributed by atoms with E-state index in [0.717, 1.165) is 55.4 Å². The number of piperazine rings is 1. The van der Waals surface area contributed by atoms with Crippen LogP contribution in [-0.2, 0) is 24.2 Å². The summed E-state index contributed by atoms with van der Waals surface area (Å²) in [6, 6.07) is 12.7. The molecule has 33 heavy (non-hydrogen) atoms. The molecule has 3 heterocycles. The zero-order chi connectivity index (χ0) is 23.0. The summed E-state index contributed by atoms with van der Waals surface area (Å²) in [6.45, 7) is 8.89. The van der Waals surface area contributed by atoms with Crippen molar-refractivity contribution >= 4 is 17.2 Å². The van der Waals surface area contributed by atoms with Gasteiger partial charge < -0.3 is 9.80 Å². The maximum atomic E-state index is 12.9. The van der Waals surface area contributed by atoms with Crippen molar-refractivity contribution in [1.82, 2.24) is 24.7 Å². The zero-order valence-corrected chi connectivity index (χ0v) is 20.4. The maximum Gasteiger partial charge on any atom is 0.228 e. The number of nitrogens with zero attached hydrogens (tertiary/aromatic N) is 5. The molecule has 2 aromatic heterocycles. The Morgan fingerprint density at radius 3 is 2.64 bits per heavy atom. The van der Waals surface area contributed by atoms with E-state index in [-0.39, 0.29) is 5.91 Å². The van der Waals surface area contributed by atoms with Gasteiger partial charge in [-0.2, -0.15) is 0 Å². The van der Waals surface area contributed by atoms with E-state index in [9.17, 15) is 4.79 Å². The Morgan fingerprint density at radius 1 is 1.09 bits per heavy atom. The van der Waals surface area contributed by atoms with Crippen LogP contribution in [0.25, 0.3) is 10.6 Å². The second kappa shape index (κ2) is 11.5. The van der Waals surface area contributed by atoms with Crippen molar-refractivity contribution < 1.29 is 4.79 Å². The maximum absolute atomic E-state index is 12.9. The number of amides is 1. The second-order valence-electron chi connectivity index (χ2n) is 8.68. The summed E-state index contributed by atoms with van der Waals surface area (Å²) in [5, 5.41) is 3.01. The molecule has 0 spiro atoms. The minimum Gasteiger partial charge on any atom is -0.342 e. The van der Waals surface area contributed by atoms with E-state index in [2.05, 4.69) is 46.1 Å². The quantitative estimate of drug-likeness (QED) is 0.486. The van der Waals surface area contributed by atoms with Crippen molar-refractivity contribution in [3.63, 3.8) is 0 Å². The van der Waals surface area contributed by atoms with Gasteiger partial charge in [0, 0.05) is 69.2 Å². The van der Waals surface area contributed by atoms with Crippen LogP contribution in [0.15, 0.2) is 54.2 Å². The molecule has 6 nitrogen and oxygen atoms in total. The molecule has 0 unspecified atom stereocenters. The lowest BCUT2D eigenvalue weighted by Gasteiger charge is -2.32. The molecule has 174 valence electrons. The Balaban J connectivity index is 1.34. The molecule has 1 saturated heterocycles. The lowest BCUT2D eigenvalue weighted by molar-refractivity contribution is -0.130. The fraction of sp³-hybridized carbons (Fsp3) is 0.423. The highest BCUT2D eigenvalue weighted by molar-refractivity contribution is 7.13. The van der Waals surface area contributed by atoms with E-state index >= 15 is 0 Å². The zero-order valence-electron chi connectivity index (χ0n) is 19.6. The summed E-state index contributed by atoms with van der Waals surface area (Å²) >= 11 is 1.62. The summed E-state index contributed by atoms with van der Waals surface area (Å²) in [6.07, 6.45) is 4.78. The highest BCUT2D eigenvalue weighted by Crippen LogP contribution is 2.25. The molecular formula is C26H33N5OS. The van der Waals surface area contributed by atoms with Gasteiger partial charge in [0.2, 0.25) is 5.91 Å². The average Bonchev–Trinajstić information content (AvgIpc) is 3.30. The highest BCUT2D eigenvalue weighted by atomic mass is 32.1. The van der Waals surface area contributed by atoms with E-state index in [4.69, 9.17) is 4.98 Å². The van der Waals surface area contributed by atoms with Gasteiger partial charge in [0.15, 0.2) is 0 Å². The first-order valence-corrected chi connectivity index (χ1v) is 12.6. The number of benzene rings is 1. The SMILES string of the molecule is CCN(CCc1ccncc1)C(=O)Cc1csc(-c2cccc(CN3CCN(C)CC3)c2)n1. The second-order valence-corrected chi connectivity index (χ2v) is 9.54. The molecule has 3 aromatic rings. The van der Waals surface area contributed by atoms with Crippen LogP contribution in [0.3, 0.4) is 0 Å². The number of pyridine rings is 1. The summed E-state index contributed by atoms with van der Waals surface area (Å²) in [7, 11) is 2.18. The molecule has 0 N–H and O–H groups in total. The van der Waals surface area contributed by atoms with E-state index in [0.29, 0.717) is 19.5 Å². The van der Waals surface area contributed by atoms with E-state index in [1.165, 1.54) is 11.1 Å². The molecule has 0 saturated carbocycles. The summed E-state index contributed by atoms with van der Waals surface area (Å²) in [5.74, 6) is 0.132. The molecule has 4 rings (SSSR count). The van der Waals surface area contributed by atoms with Crippen LogP contribution in [0.2, 0.25) is 0 Å². The number of hydrogen-bond donors (Lipinski definition) is 0. The normalized spacial score (nSPS) is 15.0. The molecule has 1 aromatic carbocycles. The Labute approximate surface area is 200 Å². The van der Waals surface area contributed by atoms with Gasteiger partial charge in [-0.05, 0) is 49.7 Å². The monoisotopic (exact) mass is 463 g/mol. The number of thiazole rings is 1. The minimum atomic E-state index is 0.132. The first-order valence-electron chi connectivity index (χ1n) is 11.7. The lowest BCUT2D eigenvalue weighted by atomic mass is 10.1. The van der Waals surface area contributed by atoms with E-state index in [1.807, 2.05) is 29.3 Å². The largest absolute Gasteiger partial charge is 0.342 e.